The van der Waals surface area contributed by atoms with Crippen LogP contribution in [0.2, 0.25) is 0 Å². The number of methoxy groups -OCH3 is 1. The highest BCUT2D eigenvalue weighted by molar-refractivity contribution is 5.92. The topological polar surface area (TPSA) is 67.1 Å². The summed E-state index contributed by atoms with van der Waals surface area (Å²) in [7, 11) is 1.67. The average Bonchev–Trinajstić information content (AvgIpc) is 3.07. The number of phenolic OH excluding ortho intramolecular Hbond substituents is 2. The van der Waals surface area contributed by atoms with Crippen molar-refractivity contribution in [1.82, 2.24) is 9.47 Å². The van der Waals surface area contributed by atoms with Crippen LogP contribution in [0.15, 0.2) is 60.7 Å². The summed E-state index contributed by atoms with van der Waals surface area (Å²) in [6, 6.07) is 18.8. The Morgan fingerprint density at radius 1 is 0.882 bits per heavy atom. The molecule has 5 rings (SSSR count). The highest BCUT2D eigenvalue weighted by Crippen LogP contribution is 2.37. The van der Waals surface area contributed by atoms with Crippen molar-refractivity contribution in [3.63, 3.8) is 0 Å². The molecule has 3 aromatic carbocycles. The number of hydrogen-bond acceptors (Lipinski definition) is 5. The van der Waals surface area contributed by atoms with Crippen molar-refractivity contribution in [1.29, 1.82) is 0 Å². The number of hydrogen-bond donors (Lipinski definition) is 2. The van der Waals surface area contributed by atoms with Crippen molar-refractivity contribution in [2.75, 3.05) is 33.4 Å². The molecule has 1 aliphatic heterocycles. The lowest BCUT2D eigenvalue weighted by molar-refractivity contribution is 0.145. The number of nitrogens with zero attached hydrogens (tertiary/aromatic N) is 2. The van der Waals surface area contributed by atoms with E-state index in [4.69, 9.17) is 9.47 Å². The first-order valence-electron chi connectivity index (χ1n) is 11.7. The number of ether oxygens (including phenoxy) is 2. The van der Waals surface area contributed by atoms with E-state index in [9.17, 15) is 10.2 Å². The van der Waals surface area contributed by atoms with Crippen LogP contribution in [-0.2, 0) is 6.54 Å². The van der Waals surface area contributed by atoms with Gasteiger partial charge in [0, 0.05) is 24.0 Å². The average molecular weight is 459 g/mol. The van der Waals surface area contributed by atoms with Gasteiger partial charge in [0.15, 0.2) is 11.5 Å². The maximum absolute atomic E-state index is 10.1. The van der Waals surface area contributed by atoms with Gasteiger partial charge in [0.2, 0.25) is 0 Å². The standard InChI is InChI=1S/C28H30N2O4/c1-19-24-17-23(32)9-10-25(24)30(28(19)21-5-7-22(31)8-6-21)18-20-4-11-26(27(16-20)33-2)34-15-14-29-12-3-13-29/h4-11,16-17,31-32H,3,12-15,18H2,1-2H3. The van der Waals surface area contributed by atoms with Gasteiger partial charge in [-0.3, -0.25) is 4.90 Å². The maximum atomic E-state index is 10.1. The lowest BCUT2D eigenvalue weighted by Gasteiger charge is -2.30. The third-order valence-corrected chi connectivity index (χ3v) is 6.62. The van der Waals surface area contributed by atoms with E-state index in [1.165, 1.54) is 6.42 Å². The fourth-order valence-electron chi connectivity index (χ4n) is 4.67. The summed E-state index contributed by atoms with van der Waals surface area (Å²) in [6.45, 7) is 6.58. The van der Waals surface area contributed by atoms with Crippen LogP contribution < -0.4 is 9.47 Å². The first-order chi connectivity index (χ1) is 16.5. The molecule has 6 heteroatoms. The predicted octanol–water partition coefficient (Wildman–Crippen LogP) is 5.17. The molecule has 0 saturated carbocycles. The summed E-state index contributed by atoms with van der Waals surface area (Å²) >= 11 is 0. The molecule has 34 heavy (non-hydrogen) atoms. The SMILES string of the molecule is COc1cc(Cn2c(-c3ccc(O)cc3)c(C)c3cc(O)ccc32)ccc1OCCN1CCC1. The molecule has 1 saturated heterocycles. The second-order valence-electron chi connectivity index (χ2n) is 8.84. The van der Waals surface area contributed by atoms with E-state index in [0.29, 0.717) is 13.2 Å². The molecular formula is C28H30N2O4. The van der Waals surface area contributed by atoms with E-state index < -0.39 is 0 Å². The Balaban J connectivity index is 1.49. The molecular weight excluding hydrogens is 428 g/mol. The molecule has 0 bridgehead atoms. The number of aromatic nitrogens is 1. The Labute approximate surface area is 199 Å². The Kier molecular flexibility index (Phi) is 6.07. The quantitative estimate of drug-likeness (QED) is 0.381. The van der Waals surface area contributed by atoms with E-state index >= 15 is 0 Å². The number of aromatic hydroxyl groups is 2. The second kappa shape index (κ2) is 9.31. The monoisotopic (exact) mass is 458 g/mol. The highest BCUT2D eigenvalue weighted by Gasteiger charge is 2.18. The molecule has 0 aliphatic carbocycles. The molecule has 4 aromatic rings. The first kappa shape index (κ1) is 22.2. The minimum Gasteiger partial charge on any atom is -0.508 e. The van der Waals surface area contributed by atoms with Crippen molar-refractivity contribution in [2.45, 2.75) is 19.9 Å². The van der Waals surface area contributed by atoms with E-state index in [1.54, 1.807) is 31.4 Å². The minimum absolute atomic E-state index is 0.233. The van der Waals surface area contributed by atoms with Crippen molar-refractivity contribution < 1.29 is 19.7 Å². The molecule has 6 nitrogen and oxygen atoms in total. The van der Waals surface area contributed by atoms with Crippen molar-refractivity contribution >= 4 is 10.9 Å². The molecule has 2 heterocycles. The number of aryl methyl sites for hydroxylation is 1. The number of rotatable bonds is 8. The van der Waals surface area contributed by atoms with Gasteiger partial charge in [-0.05, 0) is 97.7 Å². The van der Waals surface area contributed by atoms with Crippen molar-refractivity contribution in [3.8, 4) is 34.3 Å². The second-order valence-corrected chi connectivity index (χ2v) is 8.84. The van der Waals surface area contributed by atoms with Gasteiger partial charge in [0.1, 0.15) is 18.1 Å². The molecule has 1 aliphatic rings. The van der Waals surface area contributed by atoms with Crippen molar-refractivity contribution in [2.24, 2.45) is 0 Å². The van der Waals surface area contributed by atoms with Gasteiger partial charge in [-0.25, -0.2) is 0 Å². The summed E-state index contributed by atoms with van der Waals surface area (Å²) < 4.78 is 13.9. The highest BCUT2D eigenvalue weighted by atomic mass is 16.5. The molecule has 2 N–H and O–H groups in total. The van der Waals surface area contributed by atoms with Gasteiger partial charge in [0.25, 0.3) is 0 Å². The molecule has 0 radical (unpaired) electrons. The van der Waals surface area contributed by atoms with Crippen LogP contribution >= 0.6 is 0 Å². The molecule has 176 valence electrons. The normalized spacial score (nSPS) is 13.7. The van der Waals surface area contributed by atoms with Crippen LogP contribution in [-0.4, -0.2) is 53.0 Å². The zero-order valence-corrected chi connectivity index (χ0v) is 19.6. The van der Waals surface area contributed by atoms with E-state index in [-0.39, 0.29) is 11.5 Å². The summed E-state index contributed by atoms with van der Waals surface area (Å²) in [5, 5.41) is 20.9. The Hall–Kier alpha value is -3.64. The number of phenols is 2. The van der Waals surface area contributed by atoms with E-state index in [1.807, 2.05) is 30.3 Å². The summed E-state index contributed by atoms with van der Waals surface area (Å²) in [4.78, 5) is 2.38. The molecule has 1 fully saturated rings. The number of fused-ring (bicyclic) bond motifs is 1. The molecule has 0 spiro atoms. The van der Waals surface area contributed by atoms with Gasteiger partial charge in [0.05, 0.1) is 12.8 Å². The predicted molar refractivity (Wildman–Crippen MR) is 134 cm³/mol. The first-order valence-corrected chi connectivity index (χ1v) is 11.7. The third-order valence-electron chi connectivity index (χ3n) is 6.62. The molecule has 0 unspecified atom stereocenters. The molecule has 0 atom stereocenters. The lowest BCUT2D eigenvalue weighted by Crippen LogP contribution is -2.39. The van der Waals surface area contributed by atoms with Crippen LogP contribution in [0.4, 0.5) is 0 Å². The molecule has 0 amide bonds. The zero-order chi connectivity index (χ0) is 23.7. The van der Waals surface area contributed by atoms with Crippen LogP contribution in [0.1, 0.15) is 17.5 Å². The van der Waals surface area contributed by atoms with E-state index in [0.717, 1.165) is 64.4 Å². The largest absolute Gasteiger partial charge is 0.508 e. The van der Waals surface area contributed by atoms with Gasteiger partial charge >= 0.3 is 0 Å². The number of benzene rings is 3. The fourth-order valence-corrected chi connectivity index (χ4v) is 4.67. The van der Waals surface area contributed by atoms with Crippen LogP contribution in [0.3, 0.4) is 0 Å². The third kappa shape index (κ3) is 4.29. The Morgan fingerprint density at radius 2 is 1.65 bits per heavy atom. The Bertz CT molecular complexity index is 1310. The van der Waals surface area contributed by atoms with Gasteiger partial charge < -0.3 is 24.3 Å². The van der Waals surface area contributed by atoms with Crippen LogP contribution in [0, 0.1) is 6.92 Å². The van der Waals surface area contributed by atoms with Gasteiger partial charge in [-0.15, -0.1) is 0 Å². The zero-order valence-electron chi connectivity index (χ0n) is 19.6. The molecule has 1 aromatic heterocycles. The smallest absolute Gasteiger partial charge is 0.161 e. The summed E-state index contributed by atoms with van der Waals surface area (Å²) in [5.41, 5.74) is 5.25. The Morgan fingerprint density at radius 3 is 2.35 bits per heavy atom. The van der Waals surface area contributed by atoms with E-state index in [2.05, 4.69) is 22.5 Å². The summed E-state index contributed by atoms with van der Waals surface area (Å²) in [6.07, 6.45) is 1.28. The number of likely N-dealkylation sites (tertiary alicyclic amines) is 1. The van der Waals surface area contributed by atoms with Gasteiger partial charge in [-0.1, -0.05) is 6.07 Å². The minimum atomic E-state index is 0.233. The summed E-state index contributed by atoms with van der Waals surface area (Å²) in [5.74, 6) is 1.95. The van der Waals surface area contributed by atoms with Gasteiger partial charge in [-0.2, -0.15) is 0 Å². The maximum Gasteiger partial charge on any atom is 0.161 e. The van der Waals surface area contributed by atoms with Crippen LogP contribution in [0.25, 0.3) is 22.2 Å². The fraction of sp³-hybridized carbons (Fsp3) is 0.286. The lowest BCUT2D eigenvalue weighted by atomic mass is 10.1. The van der Waals surface area contributed by atoms with Crippen molar-refractivity contribution in [3.05, 3.63) is 71.8 Å². The van der Waals surface area contributed by atoms with Crippen LogP contribution in [0.5, 0.6) is 23.0 Å².